The fourth-order valence-corrected chi connectivity index (χ4v) is 6.00. The molecule has 0 aromatic heterocycles. The van der Waals surface area contributed by atoms with Gasteiger partial charge in [0.1, 0.15) is 4.90 Å². The fraction of sp³-hybridized carbons (Fsp3) is 0.208. The van der Waals surface area contributed by atoms with E-state index in [1.54, 1.807) is 36.4 Å². The van der Waals surface area contributed by atoms with Gasteiger partial charge in [0.2, 0.25) is 0 Å². The van der Waals surface area contributed by atoms with Gasteiger partial charge in [-0.2, -0.15) is 0 Å². The first kappa shape index (κ1) is 25.8. The molecule has 10 heteroatoms. The van der Waals surface area contributed by atoms with Crippen LogP contribution in [0.4, 0.5) is 10.1 Å². The topological polar surface area (TPSA) is 83.9 Å². The van der Waals surface area contributed by atoms with Gasteiger partial charge in [-0.1, -0.05) is 61.3 Å². The predicted octanol–water partition coefficient (Wildman–Crippen LogP) is 6.11. The van der Waals surface area contributed by atoms with Crippen LogP contribution in [0, 0.1) is 11.7 Å². The lowest BCUT2D eigenvalue weighted by atomic mass is 10.0. The summed E-state index contributed by atoms with van der Waals surface area (Å²) in [5.41, 5.74) is 1.54. The van der Waals surface area contributed by atoms with Gasteiger partial charge in [-0.15, -0.1) is 0 Å². The molecule has 0 fully saturated rings. The van der Waals surface area contributed by atoms with E-state index in [1.807, 2.05) is 13.8 Å². The van der Waals surface area contributed by atoms with Gasteiger partial charge in [0.15, 0.2) is 18.2 Å². The van der Waals surface area contributed by atoms with Crippen molar-refractivity contribution < 1.29 is 27.4 Å². The lowest BCUT2D eigenvalue weighted by Crippen LogP contribution is -2.34. The third-order valence-corrected chi connectivity index (χ3v) is 7.52. The van der Waals surface area contributed by atoms with Crippen LogP contribution in [0.5, 0.6) is 5.75 Å². The smallest absolute Gasteiger partial charge is 0.341 e. The minimum atomic E-state index is -4.07. The van der Waals surface area contributed by atoms with Crippen LogP contribution < -0.4 is 9.04 Å². The summed E-state index contributed by atoms with van der Waals surface area (Å²) in [7, 11) is -4.07. The Labute approximate surface area is 207 Å². The number of hydrogen-bond acceptors (Lipinski definition) is 4. The number of carboxylic acids is 1. The number of sulfonamides is 1. The molecule has 0 atom stereocenters. The summed E-state index contributed by atoms with van der Waals surface area (Å²) in [6.45, 7) is 3.32. The van der Waals surface area contributed by atoms with Crippen LogP contribution in [0.25, 0.3) is 11.1 Å². The standard InChI is InChI=1S/C24H22Cl2FNO5S/c1-15(2)13-28(34(31,32)24-19(25)4-3-5-20(24)26)18-9-6-16(7-10-18)17-8-11-22(21(27)12-17)33-14-23(29)30/h3-12,15H,13-14H2,1-2H3,(H,29,30). The highest BCUT2D eigenvalue weighted by Gasteiger charge is 2.30. The Bertz CT molecular complexity index is 1280. The van der Waals surface area contributed by atoms with Crippen LogP contribution >= 0.6 is 23.2 Å². The molecule has 0 amide bonds. The van der Waals surface area contributed by atoms with Gasteiger partial charge in [0.25, 0.3) is 10.0 Å². The van der Waals surface area contributed by atoms with Gasteiger partial charge in [-0.3, -0.25) is 4.31 Å². The molecule has 0 aliphatic carbocycles. The summed E-state index contributed by atoms with van der Waals surface area (Å²) in [6, 6.07) is 15.2. The number of carboxylic acid groups (broad SMARTS) is 1. The Morgan fingerprint density at radius 3 is 2.15 bits per heavy atom. The van der Waals surface area contributed by atoms with E-state index in [2.05, 4.69) is 0 Å². The van der Waals surface area contributed by atoms with E-state index in [4.69, 9.17) is 33.0 Å². The first-order valence-corrected chi connectivity index (χ1v) is 12.4. The zero-order valence-electron chi connectivity index (χ0n) is 18.3. The second-order valence-electron chi connectivity index (χ2n) is 7.86. The molecular formula is C24H22Cl2FNO5S. The molecule has 3 aromatic rings. The maximum atomic E-state index is 14.3. The maximum Gasteiger partial charge on any atom is 0.341 e. The quantitative estimate of drug-likeness (QED) is 0.364. The average molecular weight is 526 g/mol. The van der Waals surface area contributed by atoms with Crippen molar-refractivity contribution in [3.8, 4) is 16.9 Å². The first-order chi connectivity index (χ1) is 16.0. The molecule has 3 aromatic carbocycles. The number of benzene rings is 3. The van der Waals surface area contributed by atoms with Crippen LogP contribution in [-0.4, -0.2) is 32.6 Å². The largest absolute Gasteiger partial charge is 0.479 e. The monoisotopic (exact) mass is 525 g/mol. The molecule has 3 rings (SSSR count). The Morgan fingerprint density at radius 1 is 1.03 bits per heavy atom. The predicted molar refractivity (Wildman–Crippen MR) is 131 cm³/mol. The van der Waals surface area contributed by atoms with Crippen LogP contribution in [-0.2, 0) is 14.8 Å². The Morgan fingerprint density at radius 2 is 1.62 bits per heavy atom. The summed E-state index contributed by atoms with van der Waals surface area (Å²) in [6.07, 6.45) is 0. The van der Waals surface area contributed by atoms with Gasteiger partial charge in [-0.05, 0) is 53.4 Å². The minimum absolute atomic E-state index is 0.00292. The van der Waals surface area contributed by atoms with Gasteiger partial charge in [0, 0.05) is 6.54 Å². The minimum Gasteiger partial charge on any atom is -0.479 e. The molecule has 34 heavy (non-hydrogen) atoms. The van der Waals surface area contributed by atoms with Crippen LogP contribution in [0.15, 0.2) is 65.6 Å². The number of ether oxygens (including phenoxy) is 1. The number of anilines is 1. The fourth-order valence-electron chi connectivity index (χ4n) is 3.27. The first-order valence-electron chi connectivity index (χ1n) is 10.2. The summed E-state index contributed by atoms with van der Waals surface area (Å²) in [4.78, 5) is 10.5. The van der Waals surface area contributed by atoms with Crippen LogP contribution in [0.1, 0.15) is 13.8 Å². The van der Waals surface area contributed by atoms with E-state index in [-0.39, 0.29) is 33.2 Å². The third-order valence-electron chi connectivity index (χ3n) is 4.77. The van der Waals surface area contributed by atoms with E-state index >= 15 is 0 Å². The van der Waals surface area contributed by atoms with Gasteiger partial charge in [0.05, 0.1) is 15.7 Å². The van der Waals surface area contributed by atoms with Gasteiger partial charge in [-0.25, -0.2) is 17.6 Å². The van der Waals surface area contributed by atoms with Crippen molar-refractivity contribution in [3.63, 3.8) is 0 Å². The lowest BCUT2D eigenvalue weighted by Gasteiger charge is -2.27. The van der Waals surface area contributed by atoms with Crippen molar-refractivity contribution in [3.05, 3.63) is 76.5 Å². The highest BCUT2D eigenvalue weighted by Crippen LogP contribution is 2.35. The molecule has 0 heterocycles. The molecule has 0 aliphatic rings. The van der Waals surface area contributed by atoms with E-state index in [9.17, 15) is 17.6 Å². The molecule has 0 unspecified atom stereocenters. The second kappa shape index (κ2) is 10.6. The van der Waals surface area contributed by atoms with Crippen molar-refractivity contribution >= 4 is 44.9 Å². The number of aliphatic carboxylic acids is 1. The van der Waals surface area contributed by atoms with E-state index < -0.39 is 28.4 Å². The molecule has 0 radical (unpaired) electrons. The second-order valence-corrected chi connectivity index (χ2v) is 10.5. The highest BCUT2D eigenvalue weighted by molar-refractivity contribution is 7.93. The number of nitrogens with zero attached hydrogens (tertiary/aromatic N) is 1. The highest BCUT2D eigenvalue weighted by atomic mass is 35.5. The van der Waals surface area contributed by atoms with E-state index in [1.165, 1.54) is 28.6 Å². The molecule has 0 saturated carbocycles. The number of halogens is 3. The van der Waals surface area contributed by atoms with Crippen molar-refractivity contribution in [2.45, 2.75) is 18.7 Å². The molecular weight excluding hydrogens is 504 g/mol. The van der Waals surface area contributed by atoms with E-state index in [0.29, 0.717) is 16.8 Å². The molecule has 180 valence electrons. The molecule has 0 aliphatic heterocycles. The molecule has 0 bridgehead atoms. The normalized spacial score (nSPS) is 11.5. The average Bonchev–Trinajstić information content (AvgIpc) is 2.76. The van der Waals surface area contributed by atoms with E-state index in [0.717, 1.165) is 0 Å². The number of carbonyl (C=O) groups is 1. The lowest BCUT2D eigenvalue weighted by molar-refractivity contribution is -0.139. The van der Waals surface area contributed by atoms with Crippen LogP contribution in [0.2, 0.25) is 10.0 Å². The molecule has 1 N–H and O–H groups in total. The molecule has 6 nitrogen and oxygen atoms in total. The van der Waals surface area contributed by atoms with Crippen molar-refractivity contribution in [2.24, 2.45) is 5.92 Å². The third kappa shape index (κ3) is 5.81. The Balaban J connectivity index is 1.95. The Kier molecular flexibility index (Phi) is 8.07. The maximum absolute atomic E-state index is 14.3. The Hall–Kier alpha value is -2.81. The molecule has 0 saturated heterocycles. The van der Waals surface area contributed by atoms with Crippen molar-refractivity contribution in [2.75, 3.05) is 17.5 Å². The van der Waals surface area contributed by atoms with Crippen molar-refractivity contribution in [1.29, 1.82) is 0 Å². The summed E-state index contributed by atoms with van der Waals surface area (Å²) in [5.74, 6) is -2.09. The zero-order valence-corrected chi connectivity index (χ0v) is 20.7. The SMILES string of the molecule is CC(C)CN(c1ccc(-c2ccc(OCC(=O)O)c(F)c2)cc1)S(=O)(=O)c1c(Cl)cccc1Cl. The number of hydrogen-bond donors (Lipinski definition) is 1. The molecule has 0 spiro atoms. The number of rotatable bonds is 9. The summed E-state index contributed by atoms with van der Waals surface area (Å²) in [5, 5.41) is 8.73. The van der Waals surface area contributed by atoms with Crippen LogP contribution in [0.3, 0.4) is 0 Å². The van der Waals surface area contributed by atoms with Gasteiger partial charge >= 0.3 is 5.97 Å². The van der Waals surface area contributed by atoms with Gasteiger partial charge < -0.3 is 9.84 Å². The zero-order chi connectivity index (χ0) is 25.0. The summed E-state index contributed by atoms with van der Waals surface area (Å²) < 4.78 is 47.5. The van der Waals surface area contributed by atoms with Crippen molar-refractivity contribution in [1.82, 2.24) is 0 Å². The summed E-state index contributed by atoms with van der Waals surface area (Å²) >= 11 is 12.4.